The standard InChI is InChI=1S/C17H22N4O4Si/c1-19-12-13-14(10-7-25-8-11(10)16(18)20-13)21(15(12)17(22)23)9-24-5-6-26(2,3)4/h5-9H2,2-4H3,(H2,18,20)(H,22,23). The Bertz CT molecular complexity index is 924. The average molecular weight is 374 g/mol. The molecule has 0 spiro atoms. The number of fused-ring (bicyclic) bond motifs is 3. The summed E-state index contributed by atoms with van der Waals surface area (Å²) in [5, 5.41) is 9.68. The van der Waals surface area contributed by atoms with Crippen LogP contribution >= 0.6 is 0 Å². The van der Waals surface area contributed by atoms with Crippen molar-refractivity contribution in [1.29, 1.82) is 0 Å². The second-order valence-electron chi connectivity index (χ2n) is 7.53. The van der Waals surface area contributed by atoms with Gasteiger partial charge in [0.1, 0.15) is 18.2 Å². The highest BCUT2D eigenvalue weighted by atomic mass is 28.3. The Morgan fingerprint density at radius 2 is 2.12 bits per heavy atom. The van der Waals surface area contributed by atoms with E-state index < -0.39 is 14.0 Å². The molecule has 0 unspecified atom stereocenters. The normalized spacial score (nSPS) is 13.8. The van der Waals surface area contributed by atoms with Crippen LogP contribution in [0.5, 0.6) is 0 Å². The van der Waals surface area contributed by atoms with Crippen molar-refractivity contribution in [3.05, 3.63) is 28.2 Å². The number of aromatic carboxylic acids is 1. The van der Waals surface area contributed by atoms with Crippen molar-refractivity contribution in [2.24, 2.45) is 0 Å². The highest BCUT2D eigenvalue weighted by molar-refractivity contribution is 6.76. The summed E-state index contributed by atoms with van der Waals surface area (Å²) in [6, 6.07) is 0.969. The third kappa shape index (κ3) is 3.19. The van der Waals surface area contributed by atoms with E-state index in [1.807, 2.05) is 0 Å². The van der Waals surface area contributed by atoms with Crippen LogP contribution in [0.4, 0.5) is 11.5 Å². The molecule has 0 amide bonds. The molecule has 8 nitrogen and oxygen atoms in total. The van der Waals surface area contributed by atoms with E-state index in [0.717, 1.165) is 17.2 Å². The topological polar surface area (TPSA) is 104 Å². The maximum Gasteiger partial charge on any atom is 0.341 e. The van der Waals surface area contributed by atoms with Gasteiger partial charge in [0.05, 0.1) is 30.8 Å². The van der Waals surface area contributed by atoms with Gasteiger partial charge >= 0.3 is 5.97 Å². The van der Waals surface area contributed by atoms with Gasteiger partial charge in [-0.3, -0.25) is 0 Å². The van der Waals surface area contributed by atoms with Crippen molar-refractivity contribution in [3.8, 4) is 0 Å². The number of ether oxygens (including phenoxy) is 2. The molecule has 0 aromatic carbocycles. The van der Waals surface area contributed by atoms with Crippen LogP contribution in [0.3, 0.4) is 0 Å². The zero-order valence-corrected chi connectivity index (χ0v) is 16.1. The maximum atomic E-state index is 11.8. The molecule has 0 bridgehead atoms. The Morgan fingerprint density at radius 3 is 2.73 bits per heavy atom. The Labute approximate surface area is 152 Å². The van der Waals surface area contributed by atoms with Crippen LogP contribution in [-0.4, -0.2) is 35.3 Å². The van der Waals surface area contributed by atoms with Crippen LogP contribution < -0.4 is 5.73 Å². The van der Waals surface area contributed by atoms with Crippen LogP contribution in [0, 0.1) is 6.57 Å². The summed E-state index contributed by atoms with van der Waals surface area (Å²) < 4.78 is 12.8. The molecule has 3 rings (SSSR count). The highest BCUT2D eigenvalue weighted by Crippen LogP contribution is 2.39. The fourth-order valence-corrected chi connectivity index (χ4v) is 3.80. The lowest BCUT2D eigenvalue weighted by Crippen LogP contribution is -2.22. The van der Waals surface area contributed by atoms with E-state index in [-0.39, 0.29) is 23.9 Å². The molecule has 3 N–H and O–H groups in total. The van der Waals surface area contributed by atoms with Crippen LogP contribution in [0.15, 0.2) is 0 Å². The molecule has 2 aromatic rings. The van der Waals surface area contributed by atoms with Gasteiger partial charge < -0.3 is 24.9 Å². The van der Waals surface area contributed by atoms with E-state index in [1.54, 1.807) is 0 Å². The monoisotopic (exact) mass is 374 g/mol. The maximum absolute atomic E-state index is 11.8. The van der Waals surface area contributed by atoms with Gasteiger partial charge in [-0.15, -0.1) is 0 Å². The number of nitrogens with zero attached hydrogens (tertiary/aromatic N) is 3. The van der Waals surface area contributed by atoms with E-state index in [2.05, 4.69) is 29.5 Å². The first-order valence-corrected chi connectivity index (χ1v) is 12.0. The summed E-state index contributed by atoms with van der Waals surface area (Å²) in [5.41, 5.74) is 8.28. The third-order valence-electron chi connectivity index (χ3n) is 4.43. The number of anilines is 1. The Morgan fingerprint density at radius 1 is 1.42 bits per heavy atom. The number of rotatable bonds is 6. The van der Waals surface area contributed by atoms with Gasteiger partial charge in [-0.25, -0.2) is 14.6 Å². The first-order valence-electron chi connectivity index (χ1n) is 8.34. The van der Waals surface area contributed by atoms with E-state index in [9.17, 15) is 9.90 Å². The lowest BCUT2D eigenvalue weighted by Gasteiger charge is -2.17. The predicted octanol–water partition coefficient (Wildman–Crippen LogP) is 3.21. The first-order chi connectivity index (χ1) is 12.2. The van der Waals surface area contributed by atoms with Crippen molar-refractivity contribution < 1.29 is 19.4 Å². The predicted molar refractivity (Wildman–Crippen MR) is 100.0 cm³/mol. The molecule has 3 heterocycles. The number of nitrogen functional groups attached to an aromatic ring is 1. The first kappa shape index (κ1) is 18.4. The summed E-state index contributed by atoms with van der Waals surface area (Å²) >= 11 is 0. The van der Waals surface area contributed by atoms with Gasteiger partial charge in [-0.1, -0.05) is 19.6 Å². The minimum Gasteiger partial charge on any atom is -0.478 e. The van der Waals surface area contributed by atoms with E-state index in [0.29, 0.717) is 30.9 Å². The lowest BCUT2D eigenvalue weighted by atomic mass is 10.1. The molecule has 2 aromatic heterocycles. The number of pyridine rings is 1. The third-order valence-corrected chi connectivity index (χ3v) is 6.13. The molecule has 138 valence electrons. The zero-order chi connectivity index (χ0) is 19.1. The molecule has 9 heteroatoms. The fourth-order valence-electron chi connectivity index (χ4n) is 3.05. The number of hydrogen-bond acceptors (Lipinski definition) is 5. The molecule has 0 saturated carbocycles. The molecule has 0 radical (unpaired) electrons. The number of carboxylic acid groups (broad SMARTS) is 1. The number of nitrogens with two attached hydrogens (primary N) is 1. The second kappa shape index (κ2) is 6.72. The number of aromatic nitrogens is 2. The van der Waals surface area contributed by atoms with Gasteiger partial charge in [0, 0.05) is 25.8 Å². The highest BCUT2D eigenvalue weighted by Gasteiger charge is 2.30. The molecule has 0 fully saturated rings. The van der Waals surface area contributed by atoms with Crippen LogP contribution in [0.1, 0.15) is 21.6 Å². The number of hydrogen-bond donors (Lipinski definition) is 2. The summed E-state index contributed by atoms with van der Waals surface area (Å²) in [5.74, 6) is -0.905. The van der Waals surface area contributed by atoms with E-state index >= 15 is 0 Å². The van der Waals surface area contributed by atoms with E-state index in [1.165, 1.54) is 4.57 Å². The SMILES string of the molecule is [C-]#[N+]c1c(C(=O)O)n(COCC[Si](C)(C)C)c2c3c(c(N)nc12)COC3. The molecule has 1 aliphatic rings. The number of carboxylic acids is 1. The average Bonchev–Trinajstić information content (AvgIpc) is 3.13. The van der Waals surface area contributed by atoms with Crippen molar-refractivity contribution in [3.63, 3.8) is 0 Å². The largest absolute Gasteiger partial charge is 0.478 e. The Kier molecular flexibility index (Phi) is 4.75. The van der Waals surface area contributed by atoms with Crippen LogP contribution in [0.25, 0.3) is 15.9 Å². The molecule has 0 aliphatic carbocycles. The minimum absolute atomic E-state index is 0.0114. The fraction of sp³-hybridized carbons (Fsp3) is 0.471. The lowest BCUT2D eigenvalue weighted by molar-refractivity contribution is 0.0631. The molecule has 26 heavy (non-hydrogen) atoms. The van der Waals surface area contributed by atoms with Gasteiger partial charge in [-0.05, 0) is 6.04 Å². The van der Waals surface area contributed by atoms with Gasteiger partial charge in [-0.2, -0.15) is 0 Å². The van der Waals surface area contributed by atoms with Gasteiger partial charge in [0.2, 0.25) is 5.69 Å². The van der Waals surface area contributed by atoms with Crippen LogP contribution in [-0.2, 0) is 29.4 Å². The van der Waals surface area contributed by atoms with E-state index in [4.69, 9.17) is 21.8 Å². The van der Waals surface area contributed by atoms with Gasteiger partial charge in [0.15, 0.2) is 0 Å². The second-order valence-corrected chi connectivity index (χ2v) is 13.2. The van der Waals surface area contributed by atoms with Crippen molar-refractivity contribution >= 4 is 36.6 Å². The van der Waals surface area contributed by atoms with Crippen molar-refractivity contribution in [1.82, 2.24) is 9.55 Å². The summed E-state index contributed by atoms with van der Waals surface area (Å²) in [4.78, 5) is 19.6. The molecular formula is C17H22N4O4Si. The Hall–Kier alpha value is -2.41. The van der Waals surface area contributed by atoms with Crippen molar-refractivity contribution in [2.75, 3.05) is 12.3 Å². The summed E-state index contributed by atoms with van der Waals surface area (Å²) in [7, 11) is -1.26. The smallest absolute Gasteiger partial charge is 0.341 e. The van der Waals surface area contributed by atoms with Gasteiger partial charge in [0.25, 0.3) is 0 Å². The number of carbonyl (C=O) groups is 1. The quantitative estimate of drug-likeness (QED) is 0.457. The summed E-state index contributed by atoms with van der Waals surface area (Å²) in [6.45, 7) is 15.4. The minimum atomic E-state index is -1.26. The van der Waals surface area contributed by atoms with Crippen molar-refractivity contribution in [2.45, 2.75) is 45.6 Å². The molecule has 0 atom stereocenters. The Balaban J connectivity index is 2.11. The molecule has 1 aliphatic heterocycles. The summed E-state index contributed by atoms with van der Waals surface area (Å²) in [6.07, 6.45) is 0. The van der Waals surface area contributed by atoms with Crippen LogP contribution in [0.2, 0.25) is 25.7 Å². The zero-order valence-electron chi connectivity index (χ0n) is 15.1. The molecule has 0 saturated heterocycles. The molecular weight excluding hydrogens is 352 g/mol.